The van der Waals surface area contributed by atoms with Crippen molar-refractivity contribution in [3.05, 3.63) is 11.6 Å². The molecule has 1 atom stereocenters. The molecule has 14 heavy (non-hydrogen) atoms. The topological polar surface area (TPSA) is 12.0 Å². The predicted molar refractivity (Wildman–Crippen MR) is 63.4 cm³/mol. The molecular weight excluding hydrogens is 170 g/mol. The van der Waals surface area contributed by atoms with Crippen molar-refractivity contribution < 1.29 is 0 Å². The molecule has 1 heteroatoms. The quantitative estimate of drug-likeness (QED) is 0.681. The van der Waals surface area contributed by atoms with Crippen LogP contribution in [0.15, 0.2) is 11.6 Å². The number of nitrogens with one attached hydrogen (secondary N) is 1. The maximum atomic E-state index is 3.29. The van der Waals surface area contributed by atoms with Crippen LogP contribution in [-0.4, -0.2) is 13.1 Å². The van der Waals surface area contributed by atoms with Crippen molar-refractivity contribution in [2.24, 2.45) is 11.8 Å². The van der Waals surface area contributed by atoms with E-state index in [1.54, 1.807) is 0 Å². The molecule has 0 aromatic heterocycles. The molecule has 1 saturated carbocycles. The minimum Gasteiger partial charge on any atom is -0.314 e. The van der Waals surface area contributed by atoms with Gasteiger partial charge in [-0.25, -0.2) is 0 Å². The lowest BCUT2D eigenvalue weighted by Crippen LogP contribution is -2.23. The molecule has 0 heterocycles. The van der Waals surface area contributed by atoms with Gasteiger partial charge in [0.25, 0.3) is 0 Å². The highest BCUT2D eigenvalue weighted by Gasteiger charge is 2.16. The van der Waals surface area contributed by atoms with Gasteiger partial charge in [-0.3, -0.25) is 0 Å². The lowest BCUT2D eigenvalue weighted by molar-refractivity contribution is 0.329. The number of rotatable bonds is 3. The summed E-state index contributed by atoms with van der Waals surface area (Å²) in [7, 11) is 2.03. The molecule has 1 aliphatic rings. The molecular formula is C13H25N. The summed E-state index contributed by atoms with van der Waals surface area (Å²) in [5, 5.41) is 3.29. The number of allylic oxidation sites excluding steroid dienone is 1. The van der Waals surface area contributed by atoms with Crippen molar-refractivity contribution in [1.29, 1.82) is 0 Å². The van der Waals surface area contributed by atoms with Crippen molar-refractivity contribution >= 4 is 0 Å². The Morgan fingerprint density at radius 1 is 1.29 bits per heavy atom. The van der Waals surface area contributed by atoms with Crippen LogP contribution < -0.4 is 5.32 Å². The highest BCUT2D eigenvalue weighted by molar-refractivity contribution is 5.08. The minimum absolute atomic E-state index is 0.536. The Morgan fingerprint density at radius 2 is 1.86 bits per heavy atom. The lowest BCUT2D eigenvalue weighted by Gasteiger charge is -2.25. The van der Waals surface area contributed by atoms with Crippen LogP contribution in [0.5, 0.6) is 0 Å². The van der Waals surface area contributed by atoms with E-state index in [0.29, 0.717) is 6.04 Å². The van der Waals surface area contributed by atoms with E-state index in [4.69, 9.17) is 0 Å². The SMILES string of the molecule is CNC(C)C(C)=CC1CCC(C)CC1. The predicted octanol–water partition coefficient (Wildman–Crippen LogP) is 3.37. The first kappa shape index (κ1) is 11.8. The first-order valence-electron chi connectivity index (χ1n) is 5.99. The van der Waals surface area contributed by atoms with E-state index in [-0.39, 0.29) is 0 Å². The molecule has 0 aromatic rings. The fraction of sp³-hybridized carbons (Fsp3) is 0.846. The number of hydrogen-bond donors (Lipinski definition) is 1. The summed E-state index contributed by atoms with van der Waals surface area (Å²) in [6.07, 6.45) is 8.13. The van der Waals surface area contributed by atoms with E-state index in [0.717, 1.165) is 11.8 Å². The summed E-state index contributed by atoms with van der Waals surface area (Å²) >= 11 is 0. The summed E-state index contributed by atoms with van der Waals surface area (Å²) in [6.45, 7) is 6.86. The molecule has 1 nitrogen and oxygen atoms in total. The van der Waals surface area contributed by atoms with Gasteiger partial charge in [-0.1, -0.05) is 31.4 Å². The van der Waals surface area contributed by atoms with Crippen LogP contribution in [0.2, 0.25) is 0 Å². The van der Waals surface area contributed by atoms with Crippen molar-refractivity contribution in [1.82, 2.24) is 5.32 Å². The number of hydrogen-bond acceptors (Lipinski definition) is 1. The second kappa shape index (κ2) is 5.55. The second-order valence-electron chi connectivity index (χ2n) is 4.94. The van der Waals surface area contributed by atoms with Crippen LogP contribution in [0.25, 0.3) is 0 Å². The van der Waals surface area contributed by atoms with Crippen molar-refractivity contribution in [3.63, 3.8) is 0 Å². The molecule has 0 aromatic carbocycles. The molecule has 0 spiro atoms. The first-order chi connectivity index (χ1) is 6.63. The summed E-state index contributed by atoms with van der Waals surface area (Å²) in [6, 6.07) is 0.536. The molecule has 0 amide bonds. The highest BCUT2D eigenvalue weighted by atomic mass is 14.9. The Hall–Kier alpha value is -0.300. The molecule has 1 unspecified atom stereocenters. The van der Waals surface area contributed by atoms with Crippen molar-refractivity contribution in [2.45, 2.75) is 52.5 Å². The molecule has 82 valence electrons. The second-order valence-corrected chi connectivity index (χ2v) is 4.94. The van der Waals surface area contributed by atoms with Gasteiger partial charge in [0, 0.05) is 6.04 Å². The molecule has 0 radical (unpaired) electrons. The Bertz CT molecular complexity index is 187. The largest absolute Gasteiger partial charge is 0.314 e. The van der Waals surface area contributed by atoms with Crippen LogP contribution in [0.4, 0.5) is 0 Å². The van der Waals surface area contributed by atoms with Gasteiger partial charge in [0.05, 0.1) is 0 Å². The van der Waals surface area contributed by atoms with Crippen LogP contribution in [0.3, 0.4) is 0 Å². The average molecular weight is 195 g/mol. The summed E-state index contributed by atoms with van der Waals surface area (Å²) in [5.74, 6) is 1.81. The van der Waals surface area contributed by atoms with E-state index in [9.17, 15) is 0 Å². The highest BCUT2D eigenvalue weighted by Crippen LogP contribution is 2.29. The van der Waals surface area contributed by atoms with Gasteiger partial charge >= 0.3 is 0 Å². The van der Waals surface area contributed by atoms with Gasteiger partial charge in [-0.05, 0) is 45.6 Å². The molecule has 1 fully saturated rings. The standard InChI is InChI=1S/C13H25N/c1-10-5-7-13(8-6-10)9-11(2)12(3)14-4/h9-10,12-14H,5-8H2,1-4H3. The molecule has 0 bridgehead atoms. The Kier molecular flexibility index (Phi) is 4.67. The Labute approximate surface area is 89.0 Å². The smallest absolute Gasteiger partial charge is 0.0245 e. The molecule has 0 aliphatic heterocycles. The van der Waals surface area contributed by atoms with Gasteiger partial charge in [-0.2, -0.15) is 0 Å². The molecule has 0 saturated heterocycles. The van der Waals surface area contributed by atoms with E-state index in [1.807, 2.05) is 7.05 Å². The average Bonchev–Trinajstić information content (AvgIpc) is 2.20. The van der Waals surface area contributed by atoms with Gasteiger partial charge in [0.1, 0.15) is 0 Å². The zero-order valence-corrected chi connectivity index (χ0v) is 10.1. The van der Waals surface area contributed by atoms with E-state index >= 15 is 0 Å². The fourth-order valence-electron chi connectivity index (χ4n) is 2.20. The van der Waals surface area contributed by atoms with Crippen molar-refractivity contribution in [2.75, 3.05) is 7.05 Å². The summed E-state index contributed by atoms with van der Waals surface area (Å²) in [5.41, 5.74) is 1.51. The maximum Gasteiger partial charge on any atom is 0.0245 e. The van der Waals surface area contributed by atoms with Crippen LogP contribution in [0, 0.1) is 11.8 Å². The van der Waals surface area contributed by atoms with Gasteiger partial charge in [-0.15, -0.1) is 0 Å². The Balaban J connectivity index is 2.42. The minimum atomic E-state index is 0.536. The third kappa shape index (κ3) is 3.45. The van der Waals surface area contributed by atoms with Gasteiger partial charge < -0.3 is 5.32 Å². The summed E-state index contributed by atoms with van der Waals surface area (Å²) < 4.78 is 0. The number of likely N-dealkylation sites (N-methyl/N-ethyl adjacent to an activating group) is 1. The lowest BCUT2D eigenvalue weighted by atomic mass is 9.82. The Morgan fingerprint density at radius 3 is 2.36 bits per heavy atom. The van der Waals surface area contributed by atoms with Crippen LogP contribution in [-0.2, 0) is 0 Å². The normalized spacial score (nSPS) is 31.6. The van der Waals surface area contributed by atoms with Crippen molar-refractivity contribution in [3.8, 4) is 0 Å². The molecule has 1 aliphatic carbocycles. The molecule has 1 rings (SSSR count). The van der Waals surface area contributed by atoms with Gasteiger partial charge in [0.15, 0.2) is 0 Å². The third-order valence-corrected chi connectivity index (χ3v) is 3.68. The van der Waals surface area contributed by atoms with E-state index in [2.05, 4.69) is 32.2 Å². The van der Waals surface area contributed by atoms with Gasteiger partial charge in [0.2, 0.25) is 0 Å². The summed E-state index contributed by atoms with van der Waals surface area (Å²) in [4.78, 5) is 0. The fourth-order valence-corrected chi connectivity index (χ4v) is 2.20. The molecule has 1 N–H and O–H groups in total. The van der Waals surface area contributed by atoms with Crippen LogP contribution >= 0.6 is 0 Å². The van der Waals surface area contributed by atoms with Crippen LogP contribution in [0.1, 0.15) is 46.5 Å². The monoisotopic (exact) mass is 195 g/mol. The zero-order valence-electron chi connectivity index (χ0n) is 10.1. The van der Waals surface area contributed by atoms with E-state index in [1.165, 1.54) is 31.3 Å². The third-order valence-electron chi connectivity index (χ3n) is 3.68. The maximum absolute atomic E-state index is 3.29. The first-order valence-corrected chi connectivity index (χ1v) is 5.99. The van der Waals surface area contributed by atoms with E-state index < -0.39 is 0 Å². The zero-order chi connectivity index (χ0) is 10.6.